The number of nitrogens with zero attached hydrogens (tertiary/aromatic N) is 1. The largest absolute Gasteiger partial charge is 0.289 e. The Morgan fingerprint density at radius 3 is 2.32 bits per heavy atom. The highest BCUT2D eigenvalue weighted by Crippen LogP contribution is 2.23. The second-order valence-electron chi connectivity index (χ2n) is 4.94. The van der Waals surface area contributed by atoms with E-state index in [2.05, 4.69) is 4.72 Å². The fraction of sp³-hybridized carbons (Fsp3) is 0.200. The third-order valence-corrected chi connectivity index (χ3v) is 4.73. The molecule has 0 spiro atoms. The monoisotopic (exact) mass is 320 g/mol. The van der Waals surface area contributed by atoms with Crippen LogP contribution in [-0.2, 0) is 16.4 Å². The van der Waals surface area contributed by atoms with Crippen LogP contribution in [0.4, 0.5) is 5.69 Å². The number of sulfonamides is 1. The van der Waals surface area contributed by atoms with E-state index in [0.717, 1.165) is 5.56 Å². The lowest BCUT2D eigenvalue weighted by molar-refractivity contribution is -0.387. The Balaban J connectivity index is 2.19. The zero-order chi connectivity index (χ0) is 16.2. The van der Waals surface area contributed by atoms with Gasteiger partial charge in [-0.05, 0) is 25.0 Å². The van der Waals surface area contributed by atoms with Gasteiger partial charge in [-0.1, -0.05) is 42.5 Å². The first-order valence-electron chi connectivity index (χ1n) is 6.70. The molecule has 0 saturated carbocycles. The molecular formula is C15H16N2O4S. The molecular weight excluding hydrogens is 304 g/mol. The normalized spacial score (nSPS) is 12.8. The van der Waals surface area contributed by atoms with Crippen LogP contribution in [0.15, 0.2) is 59.5 Å². The third kappa shape index (κ3) is 3.90. The van der Waals surface area contributed by atoms with E-state index in [1.54, 1.807) is 6.92 Å². The van der Waals surface area contributed by atoms with Gasteiger partial charge < -0.3 is 0 Å². The lowest BCUT2D eigenvalue weighted by atomic mass is 10.1. The summed E-state index contributed by atoms with van der Waals surface area (Å²) >= 11 is 0. The summed E-state index contributed by atoms with van der Waals surface area (Å²) in [5, 5.41) is 11.0. The van der Waals surface area contributed by atoms with Gasteiger partial charge in [0.2, 0.25) is 10.0 Å². The number of nitro benzene ring substituents is 1. The molecule has 0 radical (unpaired) electrons. The summed E-state index contributed by atoms with van der Waals surface area (Å²) in [6.07, 6.45) is 0.501. The molecule has 2 rings (SSSR count). The van der Waals surface area contributed by atoms with Crippen molar-refractivity contribution in [2.45, 2.75) is 24.3 Å². The average molecular weight is 320 g/mol. The minimum absolute atomic E-state index is 0.320. The maximum Gasteiger partial charge on any atom is 0.289 e. The van der Waals surface area contributed by atoms with Crippen LogP contribution in [0.3, 0.4) is 0 Å². The zero-order valence-corrected chi connectivity index (χ0v) is 12.8. The van der Waals surface area contributed by atoms with Crippen LogP contribution >= 0.6 is 0 Å². The molecule has 7 heteroatoms. The Hall–Kier alpha value is -2.25. The molecule has 2 aromatic carbocycles. The lowest BCUT2D eigenvalue weighted by Gasteiger charge is -2.14. The van der Waals surface area contributed by atoms with Gasteiger partial charge >= 0.3 is 0 Å². The van der Waals surface area contributed by atoms with Crippen LogP contribution < -0.4 is 4.72 Å². The van der Waals surface area contributed by atoms with E-state index in [1.807, 2.05) is 30.3 Å². The first-order valence-corrected chi connectivity index (χ1v) is 8.18. The molecule has 2 aromatic rings. The number of nitro groups is 1. The average Bonchev–Trinajstić information content (AvgIpc) is 2.47. The van der Waals surface area contributed by atoms with Crippen LogP contribution in [0.1, 0.15) is 12.5 Å². The van der Waals surface area contributed by atoms with E-state index in [0.29, 0.717) is 6.42 Å². The highest BCUT2D eigenvalue weighted by molar-refractivity contribution is 7.89. The number of para-hydroxylation sites is 1. The minimum atomic E-state index is -3.95. The SMILES string of the molecule is CC(Cc1ccccc1)NS(=O)(=O)c1ccccc1[N+](=O)[O-]. The summed E-state index contributed by atoms with van der Waals surface area (Å²) in [7, 11) is -3.95. The zero-order valence-electron chi connectivity index (χ0n) is 12.0. The topological polar surface area (TPSA) is 89.3 Å². The van der Waals surface area contributed by atoms with Crippen LogP contribution in [0.5, 0.6) is 0 Å². The third-order valence-electron chi connectivity index (χ3n) is 3.09. The summed E-state index contributed by atoms with van der Waals surface area (Å²) in [5.74, 6) is 0. The van der Waals surface area contributed by atoms with Gasteiger partial charge in [0.25, 0.3) is 5.69 Å². The van der Waals surface area contributed by atoms with Crippen molar-refractivity contribution in [1.82, 2.24) is 4.72 Å². The lowest BCUT2D eigenvalue weighted by Crippen LogP contribution is -2.34. The quantitative estimate of drug-likeness (QED) is 0.654. The summed E-state index contributed by atoms with van der Waals surface area (Å²) in [4.78, 5) is 9.94. The summed E-state index contributed by atoms with van der Waals surface area (Å²) < 4.78 is 27.2. The molecule has 0 bridgehead atoms. The molecule has 0 fully saturated rings. The van der Waals surface area contributed by atoms with Crippen molar-refractivity contribution in [3.63, 3.8) is 0 Å². The molecule has 0 amide bonds. The number of rotatable bonds is 6. The molecule has 0 aliphatic heterocycles. The molecule has 1 atom stereocenters. The fourth-order valence-corrected chi connectivity index (χ4v) is 3.59. The van der Waals surface area contributed by atoms with Gasteiger partial charge in [-0.2, -0.15) is 0 Å². The standard InChI is InChI=1S/C15H16N2O4S/c1-12(11-13-7-3-2-4-8-13)16-22(20,21)15-10-6-5-9-14(15)17(18)19/h2-10,12,16H,11H2,1H3. The number of hydrogen-bond donors (Lipinski definition) is 1. The van der Waals surface area contributed by atoms with Crippen LogP contribution in [-0.4, -0.2) is 19.4 Å². The molecule has 0 aromatic heterocycles. The Kier molecular flexibility index (Phi) is 4.89. The van der Waals surface area contributed by atoms with Gasteiger partial charge in [0.15, 0.2) is 4.90 Å². The Morgan fingerprint density at radius 1 is 1.09 bits per heavy atom. The Morgan fingerprint density at radius 2 is 1.68 bits per heavy atom. The van der Waals surface area contributed by atoms with Crippen molar-refractivity contribution in [3.8, 4) is 0 Å². The van der Waals surface area contributed by atoms with E-state index in [-0.39, 0.29) is 10.9 Å². The second-order valence-corrected chi connectivity index (χ2v) is 6.62. The first-order chi connectivity index (χ1) is 10.4. The van der Waals surface area contributed by atoms with Crippen molar-refractivity contribution in [2.24, 2.45) is 0 Å². The Labute approximate surface area is 129 Å². The number of nitrogens with one attached hydrogen (secondary N) is 1. The highest BCUT2D eigenvalue weighted by Gasteiger charge is 2.26. The van der Waals surface area contributed by atoms with Crippen LogP contribution in [0.25, 0.3) is 0 Å². The minimum Gasteiger partial charge on any atom is -0.258 e. The molecule has 0 aliphatic rings. The molecule has 0 aliphatic carbocycles. The van der Waals surface area contributed by atoms with Gasteiger partial charge in [-0.15, -0.1) is 0 Å². The van der Waals surface area contributed by atoms with E-state index >= 15 is 0 Å². The van der Waals surface area contributed by atoms with Crippen LogP contribution in [0.2, 0.25) is 0 Å². The molecule has 1 unspecified atom stereocenters. The van der Waals surface area contributed by atoms with Gasteiger partial charge in [0, 0.05) is 12.1 Å². The highest BCUT2D eigenvalue weighted by atomic mass is 32.2. The fourth-order valence-electron chi connectivity index (χ4n) is 2.17. The predicted octanol–water partition coefficient (Wildman–Crippen LogP) is 2.50. The van der Waals surface area contributed by atoms with Gasteiger partial charge in [0.1, 0.15) is 0 Å². The smallest absolute Gasteiger partial charge is 0.258 e. The molecule has 0 heterocycles. The molecule has 116 valence electrons. The van der Waals surface area contributed by atoms with Gasteiger partial charge in [-0.3, -0.25) is 10.1 Å². The van der Waals surface area contributed by atoms with E-state index < -0.39 is 20.6 Å². The first kappa shape index (κ1) is 16.1. The van der Waals surface area contributed by atoms with E-state index in [1.165, 1.54) is 24.3 Å². The number of hydrogen-bond acceptors (Lipinski definition) is 4. The second kappa shape index (κ2) is 6.67. The summed E-state index contributed by atoms with van der Waals surface area (Å²) in [5.41, 5.74) is 0.558. The molecule has 1 N–H and O–H groups in total. The van der Waals surface area contributed by atoms with Crippen molar-refractivity contribution < 1.29 is 13.3 Å². The van der Waals surface area contributed by atoms with Gasteiger partial charge in [-0.25, -0.2) is 13.1 Å². The molecule has 0 saturated heterocycles. The van der Waals surface area contributed by atoms with Crippen molar-refractivity contribution in [1.29, 1.82) is 0 Å². The predicted molar refractivity (Wildman–Crippen MR) is 83.0 cm³/mol. The van der Waals surface area contributed by atoms with E-state index in [4.69, 9.17) is 0 Å². The number of benzene rings is 2. The summed E-state index contributed by atoms with van der Waals surface area (Å²) in [6, 6.07) is 14.3. The van der Waals surface area contributed by atoms with Gasteiger partial charge in [0.05, 0.1) is 4.92 Å². The van der Waals surface area contributed by atoms with Crippen molar-refractivity contribution in [2.75, 3.05) is 0 Å². The van der Waals surface area contributed by atoms with Crippen molar-refractivity contribution in [3.05, 3.63) is 70.3 Å². The Bertz CT molecular complexity index is 760. The summed E-state index contributed by atoms with van der Waals surface area (Å²) in [6.45, 7) is 1.72. The van der Waals surface area contributed by atoms with E-state index in [9.17, 15) is 18.5 Å². The molecule has 22 heavy (non-hydrogen) atoms. The molecule has 6 nitrogen and oxygen atoms in total. The van der Waals surface area contributed by atoms with Crippen LogP contribution in [0, 0.1) is 10.1 Å². The van der Waals surface area contributed by atoms with Crippen molar-refractivity contribution >= 4 is 15.7 Å². The maximum absolute atomic E-state index is 12.3. The maximum atomic E-state index is 12.3.